The number of rotatable bonds is 7. The Morgan fingerprint density at radius 1 is 1.16 bits per heavy atom. The Labute approximate surface area is 194 Å². The Morgan fingerprint density at radius 2 is 1.88 bits per heavy atom. The maximum absolute atomic E-state index is 13.2. The molecule has 3 rings (SSSR count). The van der Waals surface area contributed by atoms with E-state index in [2.05, 4.69) is 15.6 Å². The number of carbonyl (C=O) groups excluding carboxylic acids is 2. The Morgan fingerprint density at radius 3 is 2.56 bits per heavy atom. The van der Waals surface area contributed by atoms with E-state index in [1.165, 1.54) is 0 Å². The van der Waals surface area contributed by atoms with Crippen LogP contribution >= 0.6 is 11.6 Å². The zero-order chi connectivity index (χ0) is 23.1. The predicted molar refractivity (Wildman–Crippen MR) is 127 cm³/mol. The minimum absolute atomic E-state index is 0.0654. The van der Waals surface area contributed by atoms with Crippen LogP contribution in [0.15, 0.2) is 48.8 Å². The molecule has 2 N–H and O–H groups in total. The Kier molecular flexibility index (Phi) is 7.96. The van der Waals surface area contributed by atoms with Crippen LogP contribution in [0.5, 0.6) is 0 Å². The summed E-state index contributed by atoms with van der Waals surface area (Å²) in [6, 6.07) is 10.5. The smallest absolute Gasteiger partial charge is 0.410 e. The van der Waals surface area contributed by atoms with Crippen LogP contribution in [-0.4, -0.2) is 53.0 Å². The van der Waals surface area contributed by atoms with E-state index in [0.29, 0.717) is 30.2 Å². The fourth-order valence-electron chi connectivity index (χ4n) is 3.70. The van der Waals surface area contributed by atoms with Crippen molar-refractivity contribution in [3.05, 3.63) is 53.8 Å². The lowest BCUT2D eigenvalue weighted by molar-refractivity contribution is -0.124. The summed E-state index contributed by atoms with van der Waals surface area (Å²) in [7, 11) is 0. The molecule has 0 spiro atoms. The Balaban J connectivity index is 1.67. The second kappa shape index (κ2) is 10.7. The summed E-state index contributed by atoms with van der Waals surface area (Å²) in [6.45, 7) is 6.75. The van der Waals surface area contributed by atoms with Gasteiger partial charge in [-0.1, -0.05) is 23.7 Å². The lowest BCUT2D eigenvalue weighted by Crippen LogP contribution is -2.53. The second-order valence-corrected chi connectivity index (χ2v) is 9.40. The lowest BCUT2D eigenvalue weighted by atomic mass is 9.88. The van der Waals surface area contributed by atoms with E-state index < -0.39 is 17.7 Å². The van der Waals surface area contributed by atoms with Crippen molar-refractivity contribution in [3.63, 3.8) is 0 Å². The first-order valence-corrected chi connectivity index (χ1v) is 11.3. The van der Waals surface area contributed by atoms with Crippen molar-refractivity contribution in [1.29, 1.82) is 0 Å². The Bertz CT molecular complexity index is 917. The molecule has 1 saturated heterocycles. The highest BCUT2D eigenvalue weighted by molar-refractivity contribution is 6.33. The molecule has 1 aromatic carbocycles. The Hall–Kier alpha value is -2.80. The van der Waals surface area contributed by atoms with Gasteiger partial charge in [-0.05, 0) is 63.8 Å². The zero-order valence-corrected chi connectivity index (χ0v) is 19.6. The van der Waals surface area contributed by atoms with Gasteiger partial charge in [-0.15, -0.1) is 0 Å². The molecule has 1 aliphatic heterocycles. The van der Waals surface area contributed by atoms with Gasteiger partial charge in [0.25, 0.3) is 0 Å². The summed E-state index contributed by atoms with van der Waals surface area (Å²) in [5.41, 5.74) is 1.05. The van der Waals surface area contributed by atoms with Gasteiger partial charge in [-0.2, -0.15) is 0 Å². The molecule has 2 unspecified atom stereocenters. The van der Waals surface area contributed by atoms with Gasteiger partial charge in [0.05, 0.1) is 23.3 Å². The molecule has 0 radical (unpaired) electrons. The van der Waals surface area contributed by atoms with Crippen LogP contribution in [0.25, 0.3) is 0 Å². The van der Waals surface area contributed by atoms with Gasteiger partial charge in [-0.25, -0.2) is 4.79 Å². The number of likely N-dealkylation sites (tertiary alicyclic amines) is 1. The highest BCUT2D eigenvalue weighted by Crippen LogP contribution is 2.27. The fourth-order valence-corrected chi connectivity index (χ4v) is 3.91. The quantitative estimate of drug-likeness (QED) is 0.617. The molecule has 172 valence electrons. The van der Waals surface area contributed by atoms with Crippen LogP contribution in [0.2, 0.25) is 5.02 Å². The van der Waals surface area contributed by atoms with Crippen LogP contribution in [0, 0.1) is 5.92 Å². The number of para-hydroxylation sites is 1. The van der Waals surface area contributed by atoms with Crippen LogP contribution in [0.1, 0.15) is 33.6 Å². The number of hydrogen-bond donors (Lipinski definition) is 2. The molecule has 2 aromatic rings. The molecule has 2 heterocycles. The van der Waals surface area contributed by atoms with Crippen LogP contribution < -0.4 is 10.6 Å². The number of anilines is 2. The summed E-state index contributed by atoms with van der Waals surface area (Å²) in [5.74, 6) is 0.181. The summed E-state index contributed by atoms with van der Waals surface area (Å²) in [4.78, 5) is 31.6. The number of carbonyl (C=O) groups is 2. The molecular weight excluding hydrogens is 428 g/mol. The van der Waals surface area contributed by atoms with Crippen molar-refractivity contribution in [2.75, 3.05) is 30.3 Å². The molecule has 2 atom stereocenters. The standard InChI is InChI=1S/C24H31ClN4O3/c1-24(2,3)32-23(31)29-13-10-17(15-27-18-8-11-26-12-9-18)14-21(29)22(30)16-28-20-7-5-4-6-19(20)25/h4-9,11-12,17,21,28H,10,13-16H2,1-3H3,(H,26,27). The average molecular weight is 459 g/mol. The first-order valence-electron chi connectivity index (χ1n) is 10.9. The maximum Gasteiger partial charge on any atom is 0.410 e. The number of hydrogen-bond acceptors (Lipinski definition) is 6. The lowest BCUT2D eigenvalue weighted by Gasteiger charge is -2.39. The largest absolute Gasteiger partial charge is 0.444 e. The normalized spacial score (nSPS) is 18.7. The van der Waals surface area contributed by atoms with Gasteiger partial charge < -0.3 is 15.4 Å². The third kappa shape index (κ3) is 6.85. The highest BCUT2D eigenvalue weighted by atomic mass is 35.5. The van der Waals surface area contributed by atoms with E-state index >= 15 is 0 Å². The van der Waals surface area contributed by atoms with E-state index in [4.69, 9.17) is 16.3 Å². The molecular formula is C24H31ClN4O3. The van der Waals surface area contributed by atoms with Crippen molar-refractivity contribution in [2.45, 2.75) is 45.3 Å². The van der Waals surface area contributed by atoms with E-state index in [0.717, 1.165) is 12.1 Å². The van der Waals surface area contributed by atoms with Crippen molar-refractivity contribution < 1.29 is 14.3 Å². The number of aromatic nitrogens is 1. The number of halogens is 1. The summed E-state index contributed by atoms with van der Waals surface area (Å²) in [6.07, 6.45) is 4.38. The molecule has 1 amide bonds. The molecule has 1 fully saturated rings. The number of Topliss-reactive ketones (excluding diaryl/α,β-unsaturated/α-hetero) is 1. The molecule has 0 bridgehead atoms. The first-order chi connectivity index (χ1) is 15.2. The van der Waals surface area contributed by atoms with Gasteiger partial charge in [0.1, 0.15) is 5.60 Å². The van der Waals surface area contributed by atoms with E-state index in [9.17, 15) is 9.59 Å². The van der Waals surface area contributed by atoms with Crippen molar-refractivity contribution in [1.82, 2.24) is 9.88 Å². The van der Waals surface area contributed by atoms with Crippen molar-refractivity contribution in [3.8, 4) is 0 Å². The summed E-state index contributed by atoms with van der Waals surface area (Å²) < 4.78 is 5.57. The number of ketones is 1. The average Bonchev–Trinajstić information content (AvgIpc) is 2.76. The molecule has 1 aromatic heterocycles. The van der Waals surface area contributed by atoms with E-state index in [-0.39, 0.29) is 18.2 Å². The monoisotopic (exact) mass is 458 g/mol. The third-order valence-electron chi connectivity index (χ3n) is 5.31. The fraction of sp³-hybridized carbons (Fsp3) is 0.458. The summed E-state index contributed by atoms with van der Waals surface area (Å²) in [5, 5.41) is 7.06. The molecule has 0 saturated carbocycles. The van der Waals surface area contributed by atoms with E-state index in [1.54, 1.807) is 23.4 Å². The van der Waals surface area contributed by atoms with Crippen LogP contribution in [0.3, 0.4) is 0 Å². The van der Waals surface area contributed by atoms with Crippen molar-refractivity contribution >= 4 is 34.9 Å². The number of piperidine rings is 1. The minimum Gasteiger partial charge on any atom is -0.444 e. The number of pyridine rings is 1. The van der Waals surface area contributed by atoms with E-state index in [1.807, 2.05) is 51.1 Å². The molecule has 8 heteroatoms. The zero-order valence-electron chi connectivity index (χ0n) is 18.8. The SMILES string of the molecule is CC(C)(C)OC(=O)N1CCC(CNc2ccncc2)CC1C(=O)CNc1ccccc1Cl. The van der Waals surface area contributed by atoms with Gasteiger partial charge in [0, 0.05) is 31.2 Å². The minimum atomic E-state index is -0.625. The number of amides is 1. The third-order valence-corrected chi connectivity index (χ3v) is 5.64. The topological polar surface area (TPSA) is 83.6 Å². The number of ether oxygens (including phenoxy) is 1. The highest BCUT2D eigenvalue weighted by Gasteiger charge is 2.37. The first kappa shape index (κ1) is 23.9. The molecule has 7 nitrogen and oxygen atoms in total. The van der Waals surface area contributed by atoms with Gasteiger partial charge in [0.2, 0.25) is 0 Å². The van der Waals surface area contributed by atoms with Gasteiger partial charge >= 0.3 is 6.09 Å². The summed E-state index contributed by atoms with van der Waals surface area (Å²) >= 11 is 6.20. The van der Waals surface area contributed by atoms with Crippen LogP contribution in [-0.2, 0) is 9.53 Å². The molecule has 0 aliphatic carbocycles. The van der Waals surface area contributed by atoms with Crippen molar-refractivity contribution in [2.24, 2.45) is 5.92 Å². The maximum atomic E-state index is 13.2. The number of benzene rings is 1. The molecule has 32 heavy (non-hydrogen) atoms. The predicted octanol–water partition coefficient (Wildman–Crippen LogP) is 4.84. The van der Waals surface area contributed by atoms with Gasteiger partial charge in [0.15, 0.2) is 5.78 Å². The van der Waals surface area contributed by atoms with Gasteiger partial charge in [-0.3, -0.25) is 14.7 Å². The number of nitrogens with one attached hydrogen (secondary N) is 2. The second-order valence-electron chi connectivity index (χ2n) is 9.00. The number of nitrogens with zero attached hydrogens (tertiary/aromatic N) is 2. The van der Waals surface area contributed by atoms with Crippen LogP contribution in [0.4, 0.5) is 16.2 Å². The molecule has 1 aliphatic rings.